The number of nitrogens with zero attached hydrogens (tertiary/aromatic N) is 2. The maximum atomic E-state index is 5.97. The van der Waals surface area contributed by atoms with Crippen LogP contribution < -0.4 is 0 Å². The highest BCUT2D eigenvalue weighted by Gasteiger charge is 2.12. The van der Waals surface area contributed by atoms with Crippen molar-refractivity contribution < 1.29 is 4.42 Å². The summed E-state index contributed by atoms with van der Waals surface area (Å²) in [5.74, 6) is 0.751. The molecule has 0 spiro atoms. The zero-order chi connectivity index (χ0) is 13.5. The molecule has 0 bridgehead atoms. The van der Waals surface area contributed by atoms with E-state index in [9.17, 15) is 0 Å². The van der Waals surface area contributed by atoms with Gasteiger partial charge in [0.15, 0.2) is 15.8 Å². The van der Waals surface area contributed by atoms with E-state index in [1.165, 1.54) is 0 Å². The predicted octanol–water partition coefficient (Wildman–Crippen LogP) is 5.33. The zero-order valence-electron chi connectivity index (χ0n) is 10.0. The molecule has 0 aliphatic rings. The molecule has 0 aliphatic heterocycles. The van der Waals surface area contributed by atoms with Crippen molar-refractivity contribution in [1.82, 2.24) is 9.97 Å². The van der Waals surface area contributed by atoms with Gasteiger partial charge in [0.05, 0.1) is 0 Å². The largest absolute Gasteiger partial charge is 0.454 e. The summed E-state index contributed by atoms with van der Waals surface area (Å²) in [5.41, 5.74) is 1.60. The van der Waals surface area contributed by atoms with E-state index in [2.05, 4.69) is 9.97 Å². The molecule has 0 unspecified atom stereocenters. The molecule has 0 atom stereocenters. The van der Waals surface area contributed by atoms with Gasteiger partial charge >= 0.3 is 0 Å². The van der Waals surface area contributed by atoms with Gasteiger partial charge in [0, 0.05) is 33.4 Å². The van der Waals surface area contributed by atoms with Gasteiger partial charge in [-0.1, -0.05) is 11.6 Å². The molecule has 3 nitrogen and oxygen atoms in total. The van der Waals surface area contributed by atoms with Crippen molar-refractivity contribution in [2.45, 2.75) is 0 Å². The smallest absolute Gasteiger partial charge is 0.154 e. The van der Waals surface area contributed by atoms with E-state index in [-0.39, 0.29) is 0 Å². The number of rotatable bonds is 2. The summed E-state index contributed by atoms with van der Waals surface area (Å²) in [4.78, 5) is 8.85. The number of furan rings is 1. The first kappa shape index (κ1) is 12.1. The fraction of sp³-hybridized carbons (Fsp3) is 0. The van der Waals surface area contributed by atoms with Crippen LogP contribution in [-0.4, -0.2) is 9.97 Å². The van der Waals surface area contributed by atoms with Crippen LogP contribution >= 0.6 is 34.3 Å². The summed E-state index contributed by atoms with van der Waals surface area (Å²) in [7, 11) is 0. The number of fused-ring (bicyclic) bond motifs is 1. The van der Waals surface area contributed by atoms with Gasteiger partial charge in [-0.05, 0) is 18.2 Å². The molecule has 6 heteroatoms. The summed E-state index contributed by atoms with van der Waals surface area (Å²) in [6, 6.07) is 7.59. The summed E-state index contributed by atoms with van der Waals surface area (Å²) in [6.45, 7) is 0. The number of hydrogen-bond donors (Lipinski definition) is 0. The fourth-order valence-corrected chi connectivity index (χ4v) is 3.61. The Morgan fingerprint density at radius 2 is 2.05 bits per heavy atom. The second kappa shape index (κ2) is 4.70. The van der Waals surface area contributed by atoms with Crippen molar-refractivity contribution in [2.75, 3.05) is 0 Å². The SMILES string of the molecule is Clc1ccc2cc(-c3csc(-c4nccs4)n3)oc2c1. The van der Waals surface area contributed by atoms with Crippen LogP contribution in [0.1, 0.15) is 0 Å². The molecule has 0 radical (unpaired) electrons. The first-order valence-corrected chi connectivity index (χ1v) is 7.98. The molecule has 0 fully saturated rings. The first-order chi connectivity index (χ1) is 9.79. The Morgan fingerprint density at radius 3 is 2.90 bits per heavy atom. The van der Waals surface area contributed by atoms with E-state index in [0.717, 1.165) is 32.4 Å². The van der Waals surface area contributed by atoms with Crippen molar-refractivity contribution in [3.05, 3.63) is 46.2 Å². The molecule has 3 aromatic heterocycles. The molecule has 0 amide bonds. The third-order valence-corrected chi connectivity index (χ3v) is 4.85. The average molecular weight is 319 g/mol. The van der Waals surface area contributed by atoms with E-state index < -0.39 is 0 Å². The van der Waals surface area contributed by atoms with Crippen LogP contribution in [0.5, 0.6) is 0 Å². The van der Waals surface area contributed by atoms with Gasteiger partial charge in [0.2, 0.25) is 0 Å². The van der Waals surface area contributed by atoms with Gasteiger partial charge in [0.25, 0.3) is 0 Å². The van der Waals surface area contributed by atoms with Gasteiger partial charge < -0.3 is 4.42 Å². The molecule has 20 heavy (non-hydrogen) atoms. The minimum Gasteiger partial charge on any atom is -0.454 e. The topological polar surface area (TPSA) is 38.9 Å². The Labute approximate surface area is 127 Å². The lowest BCUT2D eigenvalue weighted by Gasteiger charge is -1.89. The highest BCUT2D eigenvalue weighted by molar-refractivity contribution is 7.19. The fourth-order valence-electron chi connectivity index (χ4n) is 1.95. The maximum absolute atomic E-state index is 5.97. The average Bonchev–Trinajstić information content (AvgIpc) is 3.17. The minimum atomic E-state index is 0.667. The van der Waals surface area contributed by atoms with Crippen molar-refractivity contribution >= 4 is 45.2 Å². The van der Waals surface area contributed by atoms with E-state index in [1.807, 2.05) is 35.0 Å². The van der Waals surface area contributed by atoms with Gasteiger partial charge in [-0.2, -0.15) is 0 Å². The highest BCUT2D eigenvalue weighted by Crippen LogP contribution is 2.33. The summed E-state index contributed by atoms with van der Waals surface area (Å²) >= 11 is 9.11. The molecule has 0 aliphatic carbocycles. The molecular formula is C14H7ClN2OS2. The molecule has 0 N–H and O–H groups in total. The maximum Gasteiger partial charge on any atom is 0.154 e. The summed E-state index contributed by atoms with van der Waals surface area (Å²) in [6.07, 6.45) is 1.78. The van der Waals surface area contributed by atoms with Crippen LogP contribution in [0, 0.1) is 0 Å². The zero-order valence-corrected chi connectivity index (χ0v) is 12.4. The van der Waals surface area contributed by atoms with Crippen LogP contribution in [0.15, 0.2) is 45.6 Å². The van der Waals surface area contributed by atoms with Gasteiger partial charge in [-0.15, -0.1) is 22.7 Å². The van der Waals surface area contributed by atoms with E-state index >= 15 is 0 Å². The lowest BCUT2D eigenvalue weighted by atomic mass is 10.2. The predicted molar refractivity (Wildman–Crippen MR) is 83.4 cm³/mol. The standard InChI is InChI=1S/C14H7ClN2OS2/c15-9-2-1-8-5-12(18-11(8)6-9)10-7-20-14(17-10)13-16-3-4-19-13/h1-7H. The number of benzene rings is 1. The molecular weight excluding hydrogens is 312 g/mol. The lowest BCUT2D eigenvalue weighted by molar-refractivity contribution is 0.629. The Kier molecular flexibility index (Phi) is 2.84. The second-order valence-electron chi connectivity index (χ2n) is 4.17. The monoisotopic (exact) mass is 318 g/mol. The number of halogens is 1. The van der Waals surface area contributed by atoms with Crippen molar-refractivity contribution in [2.24, 2.45) is 0 Å². The normalized spacial score (nSPS) is 11.2. The molecule has 4 rings (SSSR count). The van der Waals surface area contributed by atoms with Crippen LogP contribution in [0.2, 0.25) is 5.02 Å². The van der Waals surface area contributed by atoms with Gasteiger partial charge in [-0.3, -0.25) is 0 Å². The molecule has 0 saturated heterocycles. The van der Waals surface area contributed by atoms with E-state index in [0.29, 0.717) is 5.02 Å². The molecule has 0 saturated carbocycles. The number of aromatic nitrogens is 2. The Morgan fingerprint density at radius 1 is 1.10 bits per heavy atom. The second-order valence-corrected chi connectivity index (χ2v) is 6.36. The van der Waals surface area contributed by atoms with Crippen LogP contribution in [-0.2, 0) is 0 Å². The Hall–Kier alpha value is -1.69. The quantitative estimate of drug-likeness (QED) is 0.501. The van der Waals surface area contributed by atoms with Crippen molar-refractivity contribution in [3.8, 4) is 21.5 Å². The number of thiazole rings is 2. The first-order valence-electron chi connectivity index (χ1n) is 5.84. The molecule has 98 valence electrons. The van der Waals surface area contributed by atoms with Crippen LogP contribution in [0.3, 0.4) is 0 Å². The molecule has 4 aromatic rings. The van der Waals surface area contributed by atoms with E-state index in [1.54, 1.807) is 28.9 Å². The summed E-state index contributed by atoms with van der Waals surface area (Å²) in [5, 5.41) is 7.46. The third kappa shape index (κ3) is 2.04. The van der Waals surface area contributed by atoms with Crippen LogP contribution in [0.25, 0.3) is 32.4 Å². The Balaban J connectivity index is 1.79. The highest BCUT2D eigenvalue weighted by atomic mass is 35.5. The summed E-state index contributed by atoms with van der Waals surface area (Å²) < 4.78 is 5.81. The van der Waals surface area contributed by atoms with Gasteiger partial charge in [-0.25, -0.2) is 9.97 Å². The number of hydrogen-bond acceptors (Lipinski definition) is 5. The van der Waals surface area contributed by atoms with Crippen molar-refractivity contribution in [3.63, 3.8) is 0 Å². The van der Waals surface area contributed by atoms with Crippen LogP contribution in [0.4, 0.5) is 0 Å². The van der Waals surface area contributed by atoms with Gasteiger partial charge in [0.1, 0.15) is 11.3 Å². The molecule has 1 aromatic carbocycles. The van der Waals surface area contributed by atoms with E-state index in [4.69, 9.17) is 16.0 Å². The third-order valence-electron chi connectivity index (χ3n) is 2.85. The minimum absolute atomic E-state index is 0.667. The Bertz CT molecular complexity index is 880. The molecule has 3 heterocycles. The lowest BCUT2D eigenvalue weighted by Crippen LogP contribution is -1.75. The van der Waals surface area contributed by atoms with Crippen molar-refractivity contribution in [1.29, 1.82) is 0 Å².